The van der Waals surface area contributed by atoms with Crippen LogP contribution in [0.3, 0.4) is 0 Å². The molecule has 188 valence electrons. The molecule has 1 fully saturated rings. The first kappa shape index (κ1) is 26.2. The number of anilines is 1. The Labute approximate surface area is 218 Å². The van der Waals surface area contributed by atoms with E-state index in [1.807, 2.05) is 0 Å². The van der Waals surface area contributed by atoms with Gasteiger partial charge < -0.3 is 0 Å². The molecule has 2 aromatic carbocycles. The first-order valence-electron chi connectivity index (χ1n) is 11.5. The molecule has 0 spiro atoms. The van der Waals surface area contributed by atoms with Crippen molar-refractivity contribution in [3.05, 3.63) is 76.1 Å². The maximum absolute atomic E-state index is 14.2. The first-order valence-corrected chi connectivity index (χ1v) is 14.4. The van der Waals surface area contributed by atoms with Crippen LogP contribution in [0.4, 0.5) is 14.6 Å². The summed E-state index contributed by atoms with van der Waals surface area (Å²) in [6.07, 6.45) is 4.38. The second-order valence-electron chi connectivity index (χ2n) is 8.44. The molecular weight excluding hydrogens is 551 g/mol. The second-order valence-corrected chi connectivity index (χ2v) is 11.3. The van der Waals surface area contributed by atoms with Crippen molar-refractivity contribution in [3.63, 3.8) is 0 Å². The van der Waals surface area contributed by atoms with Gasteiger partial charge in [0.1, 0.15) is 0 Å². The number of aromatic nitrogens is 2. The Balaban J connectivity index is 1.50. The van der Waals surface area contributed by atoms with Crippen LogP contribution in [0.15, 0.2) is 42.6 Å². The molecule has 7 nitrogen and oxygen atoms in total. The molecule has 1 aromatic heterocycles. The molecule has 2 unspecified atom stereocenters. The standard InChI is InChI=1S/C25H25AsClF2N5O2/c27-18-7-8-19(28)17(21(18)29)11-26-23(35)15-5-3-4-14(10-15)20-13-32-24(30)22(34-20)25(36)33-16-6-1-2-9-31-12-16/h3-5,7-8,10,13,16,26,31H,1-2,6,9,11-12H2,(H2,30,32)(H,33,36). The van der Waals surface area contributed by atoms with E-state index in [-0.39, 0.29) is 37.9 Å². The number of nitrogens with two attached hydrogens (primary N) is 1. The summed E-state index contributed by atoms with van der Waals surface area (Å²) < 4.78 is 28.0. The summed E-state index contributed by atoms with van der Waals surface area (Å²) in [5, 5.41) is 6.07. The number of benzene rings is 2. The molecule has 0 saturated carbocycles. The summed E-state index contributed by atoms with van der Waals surface area (Å²) in [5.41, 5.74) is 7.15. The molecule has 36 heavy (non-hydrogen) atoms. The predicted octanol–water partition coefficient (Wildman–Crippen LogP) is 3.31. The van der Waals surface area contributed by atoms with E-state index in [4.69, 9.17) is 17.3 Å². The van der Waals surface area contributed by atoms with Crippen LogP contribution in [0.25, 0.3) is 11.3 Å². The van der Waals surface area contributed by atoms with E-state index in [0.29, 0.717) is 23.4 Å². The molecule has 3 aromatic rings. The van der Waals surface area contributed by atoms with Gasteiger partial charge in [-0.05, 0) is 13.0 Å². The third-order valence-corrected chi connectivity index (χ3v) is 8.57. The molecule has 2 heterocycles. The Morgan fingerprint density at radius 3 is 2.89 bits per heavy atom. The number of carbonyl (C=O) groups is 2. The Hall–Kier alpha value is -2.87. The monoisotopic (exact) mass is 575 g/mol. The van der Waals surface area contributed by atoms with Crippen LogP contribution < -0.4 is 16.4 Å². The third-order valence-electron chi connectivity index (χ3n) is 5.88. The molecule has 11 heteroatoms. The minimum absolute atomic E-state index is 0.0106. The van der Waals surface area contributed by atoms with Crippen LogP contribution in [0.2, 0.25) is 5.02 Å². The van der Waals surface area contributed by atoms with Gasteiger partial charge in [0.2, 0.25) is 0 Å². The first-order chi connectivity index (χ1) is 17.3. The Bertz CT molecular complexity index is 1290. The Morgan fingerprint density at radius 2 is 2.06 bits per heavy atom. The van der Waals surface area contributed by atoms with Gasteiger partial charge in [0.05, 0.1) is 0 Å². The van der Waals surface area contributed by atoms with E-state index in [1.165, 1.54) is 6.20 Å². The molecule has 4 rings (SSSR count). The van der Waals surface area contributed by atoms with E-state index < -0.39 is 33.3 Å². The van der Waals surface area contributed by atoms with Crippen molar-refractivity contribution in [2.45, 2.75) is 30.5 Å². The topological polar surface area (TPSA) is 110 Å². The summed E-state index contributed by atoms with van der Waals surface area (Å²) in [4.78, 5) is 34.3. The number of hydrogen-bond acceptors (Lipinski definition) is 6. The van der Waals surface area contributed by atoms with E-state index in [9.17, 15) is 18.4 Å². The molecule has 1 saturated heterocycles. The minimum atomic E-state index is -1.42. The third kappa shape index (κ3) is 6.27. The number of amides is 1. The summed E-state index contributed by atoms with van der Waals surface area (Å²) in [5.74, 6) is -1.93. The number of carbonyl (C=O) groups excluding carboxylic acids is 2. The van der Waals surface area contributed by atoms with Crippen molar-refractivity contribution in [2.24, 2.45) is 0 Å². The summed E-state index contributed by atoms with van der Waals surface area (Å²) in [6.45, 7) is 1.60. The van der Waals surface area contributed by atoms with Gasteiger partial charge in [0.15, 0.2) is 0 Å². The summed E-state index contributed by atoms with van der Waals surface area (Å²) in [7, 11) is 0. The van der Waals surface area contributed by atoms with E-state index in [1.54, 1.807) is 24.3 Å². The fourth-order valence-electron chi connectivity index (χ4n) is 3.92. The molecule has 4 N–H and O–H groups in total. The molecule has 1 amide bonds. The molecule has 1 aliphatic rings. The average Bonchev–Trinajstić information content (AvgIpc) is 3.15. The van der Waals surface area contributed by atoms with Gasteiger partial charge in [-0.25, -0.2) is 0 Å². The van der Waals surface area contributed by atoms with Crippen molar-refractivity contribution in [3.8, 4) is 11.3 Å². The van der Waals surface area contributed by atoms with Gasteiger partial charge in [0.25, 0.3) is 0 Å². The molecule has 0 aliphatic carbocycles. The fourth-order valence-corrected chi connectivity index (χ4v) is 6.24. The van der Waals surface area contributed by atoms with Crippen molar-refractivity contribution < 1.29 is 18.4 Å². The zero-order valence-corrected chi connectivity index (χ0v) is 22.1. The molecule has 1 aliphatic heterocycles. The zero-order valence-electron chi connectivity index (χ0n) is 19.3. The van der Waals surface area contributed by atoms with E-state index >= 15 is 0 Å². The summed E-state index contributed by atoms with van der Waals surface area (Å²) in [6, 6.07) is 8.91. The average molecular weight is 576 g/mol. The Kier molecular flexibility index (Phi) is 8.67. The zero-order chi connectivity index (χ0) is 25.7. The fraction of sp³-hybridized carbons (Fsp3) is 0.280. The van der Waals surface area contributed by atoms with E-state index in [2.05, 4.69) is 20.6 Å². The molecule has 0 bridgehead atoms. The van der Waals surface area contributed by atoms with Crippen molar-refractivity contribution in [2.75, 3.05) is 18.8 Å². The van der Waals surface area contributed by atoms with Crippen LogP contribution in [-0.4, -0.2) is 55.3 Å². The van der Waals surface area contributed by atoms with E-state index in [0.717, 1.165) is 37.9 Å². The number of nitrogen functional groups attached to an aromatic ring is 1. The predicted molar refractivity (Wildman–Crippen MR) is 136 cm³/mol. The normalized spacial score (nSPS) is 16.1. The SMILES string of the molecule is Nc1ncc(-c2cccc(C(=O)[AsH]Cc3c(F)ccc(Cl)c3F)c2)nc1C(=O)NC1CCCCNC1. The number of nitrogens with one attached hydrogen (secondary N) is 2. The van der Waals surface area contributed by atoms with Crippen molar-refractivity contribution in [1.29, 1.82) is 0 Å². The van der Waals surface area contributed by atoms with Gasteiger partial charge >= 0.3 is 206 Å². The van der Waals surface area contributed by atoms with Crippen molar-refractivity contribution in [1.82, 2.24) is 20.6 Å². The number of hydrogen-bond donors (Lipinski definition) is 3. The molecule has 2 atom stereocenters. The Morgan fingerprint density at radius 1 is 1.22 bits per heavy atom. The van der Waals surface area contributed by atoms with Crippen LogP contribution in [0.5, 0.6) is 0 Å². The van der Waals surface area contributed by atoms with Crippen LogP contribution in [-0.2, 0) is 5.21 Å². The van der Waals surface area contributed by atoms with Gasteiger partial charge in [-0.3, -0.25) is 0 Å². The van der Waals surface area contributed by atoms with Crippen LogP contribution >= 0.6 is 11.6 Å². The van der Waals surface area contributed by atoms with Gasteiger partial charge in [-0.2, -0.15) is 0 Å². The van der Waals surface area contributed by atoms with Crippen LogP contribution in [0, 0.1) is 11.6 Å². The van der Waals surface area contributed by atoms with Crippen LogP contribution in [0.1, 0.15) is 45.7 Å². The van der Waals surface area contributed by atoms with Gasteiger partial charge in [-0.15, -0.1) is 0 Å². The number of nitrogens with zero attached hydrogens (tertiary/aromatic N) is 2. The summed E-state index contributed by atoms with van der Waals surface area (Å²) >= 11 is 4.33. The number of halogens is 3. The molecule has 0 radical (unpaired) electrons. The molecular formula is C25H25AsClF2N5O2. The van der Waals surface area contributed by atoms with Gasteiger partial charge in [0, 0.05) is 0 Å². The quantitative estimate of drug-likeness (QED) is 0.295. The maximum atomic E-state index is 14.2. The van der Waals surface area contributed by atoms with Crippen molar-refractivity contribution >= 4 is 43.6 Å². The second kappa shape index (κ2) is 11.9. The number of rotatable bonds is 7. The van der Waals surface area contributed by atoms with Gasteiger partial charge in [-0.1, -0.05) is 0 Å².